The fraction of sp³-hybridized carbons (Fsp3) is 0.350. The maximum Gasteiger partial charge on any atom is 0.254 e. The third-order valence-electron chi connectivity index (χ3n) is 4.97. The lowest BCUT2D eigenvalue weighted by Crippen LogP contribution is -3.13. The molecular formula is C20H23N2O4+. The van der Waals surface area contributed by atoms with Gasteiger partial charge in [0.2, 0.25) is 6.79 Å². The van der Waals surface area contributed by atoms with Crippen molar-refractivity contribution in [3.05, 3.63) is 53.6 Å². The Hall–Kier alpha value is -2.73. The van der Waals surface area contributed by atoms with E-state index in [1.807, 2.05) is 29.2 Å². The van der Waals surface area contributed by atoms with Crippen molar-refractivity contribution in [1.29, 1.82) is 0 Å². The summed E-state index contributed by atoms with van der Waals surface area (Å²) in [5.41, 5.74) is 1.92. The van der Waals surface area contributed by atoms with Gasteiger partial charge < -0.3 is 24.0 Å². The number of carbonyl (C=O) groups is 1. The number of rotatable bonds is 4. The summed E-state index contributed by atoms with van der Waals surface area (Å²) >= 11 is 0. The molecule has 0 radical (unpaired) electrons. The van der Waals surface area contributed by atoms with Crippen LogP contribution < -0.4 is 19.1 Å². The molecule has 0 unspecified atom stereocenters. The average Bonchev–Trinajstić information content (AvgIpc) is 3.16. The first-order valence-corrected chi connectivity index (χ1v) is 8.88. The quantitative estimate of drug-likeness (QED) is 0.888. The smallest absolute Gasteiger partial charge is 0.254 e. The van der Waals surface area contributed by atoms with Crippen LogP contribution in [-0.4, -0.2) is 50.9 Å². The first-order chi connectivity index (χ1) is 12.7. The summed E-state index contributed by atoms with van der Waals surface area (Å²) in [5, 5.41) is 0. The van der Waals surface area contributed by atoms with Crippen molar-refractivity contribution in [3.63, 3.8) is 0 Å². The Labute approximate surface area is 152 Å². The van der Waals surface area contributed by atoms with Gasteiger partial charge in [0.25, 0.3) is 5.91 Å². The van der Waals surface area contributed by atoms with Crippen LogP contribution >= 0.6 is 0 Å². The van der Waals surface area contributed by atoms with E-state index >= 15 is 0 Å². The number of methoxy groups -OCH3 is 1. The van der Waals surface area contributed by atoms with Crippen LogP contribution in [0.3, 0.4) is 0 Å². The van der Waals surface area contributed by atoms with Crippen molar-refractivity contribution in [1.82, 2.24) is 4.90 Å². The lowest BCUT2D eigenvalue weighted by molar-refractivity contribution is -0.917. The molecule has 26 heavy (non-hydrogen) atoms. The van der Waals surface area contributed by atoms with Gasteiger partial charge in [-0.1, -0.05) is 6.07 Å². The molecule has 1 N–H and O–H groups in total. The van der Waals surface area contributed by atoms with E-state index in [1.165, 1.54) is 10.5 Å². The second-order valence-corrected chi connectivity index (χ2v) is 6.64. The van der Waals surface area contributed by atoms with Crippen molar-refractivity contribution < 1.29 is 23.9 Å². The predicted octanol–water partition coefficient (Wildman–Crippen LogP) is 0.965. The molecule has 0 atom stereocenters. The lowest BCUT2D eigenvalue weighted by atomic mass is 10.1. The van der Waals surface area contributed by atoms with E-state index in [0.29, 0.717) is 18.1 Å². The molecule has 4 rings (SSSR count). The number of benzene rings is 2. The summed E-state index contributed by atoms with van der Waals surface area (Å²) in [4.78, 5) is 16.1. The third kappa shape index (κ3) is 3.46. The summed E-state index contributed by atoms with van der Waals surface area (Å²) in [7, 11) is 1.61. The number of hydrogen-bond donors (Lipinski definition) is 1. The topological polar surface area (TPSA) is 52.4 Å². The lowest BCUT2D eigenvalue weighted by Gasteiger charge is -2.32. The number of fused-ring (bicyclic) bond motifs is 1. The van der Waals surface area contributed by atoms with Crippen LogP contribution in [0.4, 0.5) is 0 Å². The van der Waals surface area contributed by atoms with Crippen molar-refractivity contribution in [3.8, 4) is 17.2 Å². The van der Waals surface area contributed by atoms with Gasteiger partial charge in [0, 0.05) is 11.1 Å². The Morgan fingerprint density at radius 2 is 1.92 bits per heavy atom. The monoisotopic (exact) mass is 355 g/mol. The molecule has 136 valence electrons. The molecule has 0 saturated carbocycles. The zero-order chi connectivity index (χ0) is 17.9. The fourth-order valence-electron chi connectivity index (χ4n) is 3.48. The standard InChI is InChI=1S/C20H22N2O4/c1-24-17-4-2-3-16(12-17)20(23)22-9-7-21(8-10-22)13-15-5-6-18-19(11-15)26-14-25-18/h2-6,11-12H,7-10,13-14H2,1H3/p+1. The van der Waals surface area contributed by atoms with E-state index in [0.717, 1.165) is 44.2 Å². The van der Waals surface area contributed by atoms with Crippen LogP contribution in [0.1, 0.15) is 15.9 Å². The number of carbonyl (C=O) groups excluding carboxylic acids is 1. The van der Waals surface area contributed by atoms with E-state index in [4.69, 9.17) is 14.2 Å². The Kier molecular flexibility index (Phi) is 4.67. The van der Waals surface area contributed by atoms with E-state index in [-0.39, 0.29) is 5.91 Å². The first kappa shape index (κ1) is 16.7. The minimum Gasteiger partial charge on any atom is -0.497 e. The molecule has 1 fully saturated rings. The number of piperazine rings is 1. The molecular weight excluding hydrogens is 332 g/mol. The number of nitrogens with one attached hydrogen (secondary N) is 1. The molecule has 2 heterocycles. The number of ether oxygens (including phenoxy) is 3. The normalized spacial score (nSPS) is 16.6. The number of amides is 1. The van der Waals surface area contributed by atoms with Crippen LogP contribution in [0.2, 0.25) is 0 Å². The van der Waals surface area contributed by atoms with E-state index in [1.54, 1.807) is 13.2 Å². The van der Waals surface area contributed by atoms with Crippen LogP contribution in [-0.2, 0) is 6.54 Å². The largest absolute Gasteiger partial charge is 0.497 e. The summed E-state index contributed by atoms with van der Waals surface area (Å²) < 4.78 is 16.0. The molecule has 0 bridgehead atoms. The molecule has 0 aromatic heterocycles. The Balaban J connectivity index is 1.34. The van der Waals surface area contributed by atoms with Crippen LogP contribution in [0.25, 0.3) is 0 Å². The minimum atomic E-state index is 0.0750. The van der Waals surface area contributed by atoms with Gasteiger partial charge in [-0.05, 0) is 36.4 Å². The summed E-state index contributed by atoms with van der Waals surface area (Å²) in [5.74, 6) is 2.43. The molecule has 0 aliphatic carbocycles. The molecule has 2 aromatic carbocycles. The highest BCUT2D eigenvalue weighted by atomic mass is 16.7. The number of nitrogens with zero attached hydrogens (tertiary/aromatic N) is 1. The maximum atomic E-state index is 12.7. The summed E-state index contributed by atoms with van der Waals surface area (Å²) in [6.07, 6.45) is 0. The van der Waals surface area contributed by atoms with E-state index in [9.17, 15) is 4.79 Å². The molecule has 0 spiro atoms. The van der Waals surface area contributed by atoms with Gasteiger partial charge in [0.05, 0.1) is 33.3 Å². The molecule has 6 nitrogen and oxygen atoms in total. The zero-order valence-electron chi connectivity index (χ0n) is 14.9. The van der Waals surface area contributed by atoms with Gasteiger partial charge >= 0.3 is 0 Å². The third-order valence-corrected chi connectivity index (χ3v) is 4.97. The predicted molar refractivity (Wildman–Crippen MR) is 95.9 cm³/mol. The van der Waals surface area contributed by atoms with Crippen molar-refractivity contribution in [2.45, 2.75) is 6.54 Å². The molecule has 1 saturated heterocycles. The molecule has 1 amide bonds. The Morgan fingerprint density at radius 3 is 2.73 bits per heavy atom. The molecule has 2 aliphatic heterocycles. The average molecular weight is 355 g/mol. The van der Waals surface area contributed by atoms with E-state index < -0.39 is 0 Å². The van der Waals surface area contributed by atoms with Crippen LogP contribution in [0.5, 0.6) is 17.2 Å². The van der Waals surface area contributed by atoms with Crippen molar-refractivity contribution >= 4 is 5.91 Å². The van der Waals surface area contributed by atoms with Gasteiger partial charge in [-0.3, -0.25) is 4.79 Å². The summed E-state index contributed by atoms with van der Waals surface area (Å²) in [6, 6.07) is 13.5. The second kappa shape index (κ2) is 7.25. The van der Waals surface area contributed by atoms with E-state index in [2.05, 4.69) is 12.1 Å². The zero-order valence-corrected chi connectivity index (χ0v) is 14.9. The fourth-order valence-corrected chi connectivity index (χ4v) is 3.48. The van der Waals surface area contributed by atoms with Gasteiger partial charge in [0.15, 0.2) is 11.5 Å². The highest BCUT2D eigenvalue weighted by molar-refractivity contribution is 5.94. The number of quaternary nitrogens is 1. The van der Waals surface area contributed by atoms with Gasteiger partial charge in [-0.25, -0.2) is 0 Å². The SMILES string of the molecule is COc1cccc(C(=O)N2CC[NH+](Cc3ccc4c(c3)OCO4)CC2)c1. The highest BCUT2D eigenvalue weighted by Crippen LogP contribution is 2.32. The Morgan fingerprint density at radius 1 is 1.12 bits per heavy atom. The van der Waals surface area contributed by atoms with Crippen LogP contribution in [0, 0.1) is 0 Å². The number of hydrogen-bond acceptors (Lipinski definition) is 4. The minimum absolute atomic E-state index is 0.0750. The van der Waals surface area contributed by atoms with Crippen molar-refractivity contribution in [2.75, 3.05) is 40.1 Å². The molecule has 2 aliphatic rings. The highest BCUT2D eigenvalue weighted by Gasteiger charge is 2.25. The maximum absolute atomic E-state index is 12.7. The van der Waals surface area contributed by atoms with Gasteiger partial charge in [0.1, 0.15) is 12.3 Å². The van der Waals surface area contributed by atoms with Gasteiger partial charge in [-0.2, -0.15) is 0 Å². The van der Waals surface area contributed by atoms with Crippen molar-refractivity contribution in [2.24, 2.45) is 0 Å². The second-order valence-electron chi connectivity index (χ2n) is 6.64. The summed E-state index contributed by atoms with van der Waals surface area (Å²) in [6.45, 7) is 4.62. The Bertz CT molecular complexity index is 800. The molecule has 2 aromatic rings. The van der Waals surface area contributed by atoms with Crippen LogP contribution in [0.15, 0.2) is 42.5 Å². The first-order valence-electron chi connectivity index (χ1n) is 8.88. The van der Waals surface area contributed by atoms with Gasteiger partial charge in [-0.15, -0.1) is 0 Å². The molecule has 6 heteroatoms.